The molecule has 4 heteroatoms. The number of nitrogens with two attached hydrogens (primary N) is 1. The summed E-state index contributed by atoms with van der Waals surface area (Å²) >= 11 is 0. The van der Waals surface area contributed by atoms with E-state index in [0.29, 0.717) is 6.42 Å². The third kappa shape index (κ3) is 2.84. The monoisotopic (exact) mass is 267 g/mol. The third-order valence-electron chi connectivity index (χ3n) is 3.94. The van der Waals surface area contributed by atoms with Crippen LogP contribution in [0.25, 0.3) is 0 Å². The first-order chi connectivity index (χ1) is 9.02. The molecule has 104 valence electrons. The van der Waals surface area contributed by atoms with Gasteiger partial charge in [-0.1, -0.05) is 25.3 Å². The van der Waals surface area contributed by atoms with Crippen molar-refractivity contribution >= 4 is 5.78 Å². The first-order valence-electron chi connectivity index (χ1n) is 6.76. The van der Waals surface area contributed by atoms with E-state index in [1.165, 1.54) is 13.0 Å². The van der Waals surface area contributed by atoms with Crippen LogP contribution in [0.1, 0.15) is 48.0 Å². The van der Waals surface area contributed by atoms with E-state index in [-0.39, 0.29) is 11.6 Å². The number of carbonyl (C=O) groups is 1. The fourth-order valence-corrected chi connectivity index (χ4v) is 2.73. The van der Waals surface area contributed by atoms with Crippen molar-refractivity contribution in [2.45, 2.75) is 45.1 Å². The van der Waals surface area contributed by atoms with Gasteiger partial charge in [0.25, 0.3) is 0 Å². The summed E-state index contributed by atoms with van der Waals surface area (Å²) < 4.78 is 27.8. The molecule has 1 aromatic carbocycles. The maximum atomic E-state index is 14.0. The summed E-state index contributed by atoms with van der Waals surface area (Å²) in [5, 5.41) is 0. The zero-order valence-electron chi connectivity index (χ0n) is 11.1. The zero-order chi connectivity index (χ0) is 14.0. The van der Waals surface area contributed by atoms with E-state index in [1.54, 1.807) is 0 Å². The van der Waals surface area contributed by atoms with Gasteiger partial charge in [-0.2, -0.15) is 0 Å². The summed E-state index contributed by atoms with van der Waals surface area (Å²) in [6, 6.07) is 2.19. The van der Waals surface area contributed by atoms with Crippen molar-refractivity contribution in [2.24, 2.45) is 11.7 Å². The first kappa shape index (κ1) is 14.1. The molecule has 0 saturated heterocycles. The summed E-state index contributed by atoms with van der Waals surface area (Å²) in [7, 11) is 0. The number of benzene rings is 1. The largest absolute Gasteiger partial charge is 0.327 e. The van der Waals surface area contributed by atoms with Crippen molar-refractivity contribution in [1.29, 1.82) is 0 Å². The molecule has 19 heavy (non-hydrogen) atoms. The number of hydrogen-bond acceptors (Lipinski definition) is 2. The second-order valence-electron chi connectivity index (χ2n) is 5.33. The van der Waals surface area contributed by atoms with Crippen molar-refractivity contribution < 1.29 is 13.6 Å². The van der Waals surface area contributed by atoms with Crippen LogP contribution in [-0.2, 0) is 0 Å². The first-order valence-corrected chi connectivity index (χ1v) is 6.76. The Bertz CT molecular complexity index is 487. The van der Waals surface area contributed by atoms with E-state index in [1.807, 2.05) is 0 Å². The normalized spacial score (nSPS) is 24.0. The van der Waals surface area contributed by atoms with Crippen molar-refractivity contribution in [3.8, 4) is 0 Å². The molecule has 0 spiro atoms. The van der Waals surface area contributed by atoms with E-state index in [0.717, 1.165) is 31.7 Å². The zero-order valence-corrected chi connectivity index (χ0v) is 11.1. The molecule has 0 heterocycles. The molecule has 2 atom stereocenters. The van der Waals surface area contributed by atoms with E-state index in [4.69, 9.17) is 5.73 Å². The molecule has 2 unspecified atom stereocenters. The highest BCUT2D eigenvalue weighted by Gasteiger charge is 2.31. The quantitative estimate of drug-likeness (QED) is 0.659. The number of halogens is 2. The molecule has 2 nitrogen and oxygen atoms in total. The highest BCUT2D eigenvalue weighted by atomic mass is 19.1. The van der Waals surface area contributed by atoms with Gasteiger partial charge in [0.05, 0.1) is 5.56 Å². The Morgan fingerprint density at radius 1 is 1.21 bits per heavy atom. The van der Waals surface area contributed by atoms with Gasteiger partial charge in [-0.15, -0.1) is 0 Å². The molecule has 0 radical (unpaired) electrons. The molecule has 2 N–H and O–H groups in total. The van der Waals surface area contributed by atoms with E-state index < -0.39 is 28.9 Å². The van der Waals surface area contributed by atoms with Gasteiger partial charge >= 0.3 is 0 Å². The van der Waals surface area contributed by atoms with Crippen LogP contribution in [0, 0.1) is 24.5 Å². The van der Waals surface area contributed by atoms with Gasteiger partial charge < -0.3 is 5.73 Å². The number of ketones is 1. The average molecular weight is 267 g/mol. The average Bonchev–Trinajstić information content (AvgIpc) is 2.59. The molecular weight excluding hydrogens is 248 g/mol. The number of hydrogen-bond donors (Lipinski definition) is 1. The lowest BCUT2D eigenvalue weighted by Gasteiger charge is -2.20. The Balaban J connectivity index is 2.35. The molecule has 0 bridgehead atoms. The van der Waals surface area contributed by atoms with E-state index in [2.05, 4.69) is 0 Å². The number of aryl methyl sites for hydroxylation is 1. The van der Waals surface area contributed by atoms with Crippen LogP contribution in [0.4, 0.5) is 8.78 Å². The molecule has 1 aromatic rings. The summed E-state index contributed by atoms with van der Waals surface area (Å²) in [6.45, 7) is 1.53. The van der Waals surface area contributed by atoms with E-state index >= 15 is 0 Å². The van der Waals surface area contributed by atoms with Gasteiger partial charge in [0.15, 0.2) is 5.78 Å². The molecule has 2 rings (SSSR count). The van der Waals surface area contributed by atoms with Crippen molar-refractivity contribution in [2.75, 3.05) is 0 Å². The second-order valence-corrected chi connectivity index (χ2v) is 5.33. The number of Topliss-reactive ketones (excluding diaryl/α,β-unsaturated/α-hetero) is 1. The molecule has 1 aliphatic rings. The molecule has 1 fully saturated rings. The second kappa shape index (κ2) is 5.78. The molecule has 1 aliphatic carbocycles. The maximum Gasteiger partial charge on any atom is 0.173 e. The lowest BCUT2D eigenvalue weighted by Crippen LogP contribution is -2.35. The predicted octanol–water partition coefficient (Wildman–Crippen LogP) is 3.36. The Kier molecular flexibility index (Phi) is 4.30. The fourth-order valence-electron chi connectivity index (χ4n) is 2.73. The Hall–Kier alpha value is -1.29. The minimum absolute atomic E-state index is 0.284. The summed E-state index contributed by atoms with van der Waals surface area (Å²) in [6.07, 6.45) is 4.25. The number of carbonyl (C=O) groups excluding carboxylic acids is 1. The fraction of sp³-hybridized carbons (Fsp3) is 0.533. The van der Waals surface area contributed by atoms with Crippen molar-refractivity contribution in [3.05, 3.63) is 34.9 Å². The Labute approximate surface area is 112 Å². The summed E-state index contributed by atoms with van der Waals surface area (Å²) in [4.78, 5) is 12.4. The third-order valence-corrected chi connectivity index (χ3v) is 3.94. The highest BCUT2D eigenvalue weighted by Crippen LogP contribution is 2.28. The van der Waals surface area contributed by atoms with Crippen LogP contribution >= 0.6 is 0 Å². The van der Waals surface area contributed by atoms with Crippen molar-refractivity contribution in [1.82, 2.24) is 0 Å². The van der Waals surface area contributed by atoms with Gasteiger partial charge in [0.2, 0.25) is 0 Å². The van der Waals surface area contributed by atoms with E-state index in [9.17, 15) is 13.6 Å². The molecule has 0 amide bonds. The van der Waals surface area contributed by atoms with Gasteiger partial charge in [0, 0.05) is 12.0 Å². The standard InChI is InChI=1S/C15H19F2NO/c1-9-7-8-11(16)13(14(9)17)15(19)10-5-3-2-4-6-12(10)18/h7-8,10,12H,2-6,18H2,1H3. The van der Waals surface area contributed by atoms with Crippen LogP contribution in [-0.4, -0.2) is 11.8 Å². The Morgan fingerprint density at radius 3 is 2.63 bits per heavy atom. The highest BCUT2D eigenvalue weighted by molar-refractivity contribution is 5.99. The van der Waals surface area contributed by atoms with Crippen LogP contribution in [0.5, 0.6) is 0 Å². The smallest absolute Gasteiger partial charge is 0.173 e. The minimum atomic E-state index is -0.787. The van der Waals surface area contributed by atoms with Gasteiger partial charge in [-0.3, -0.25) is 4.79 Å². The molecule has 0 aromatic heterocycles. The molecule has 0 aliphatic heterocycles. The van der Waals surface area contributed by atoms with Gasteiger partial charge in [0.1, 0.15) is 11.6 Å². The predicted molar refractivity (Wildman–Crippen MR) is 70.0 cm³/mol. The van der Waals surface area contributed by atoms with Gasteiger partial charge in [-0.25, -0.2) is 8.78 Å². The SMILES string of the molecule is Cc1ccc(F)c(C(=O)C2CCCCCC2N)c1F. The van der Waals surface area contributed by atoms with Crippen LogP contribution in [0.15, 0.2) is 12.1 Å². The van der Waals surface area contributed by atoms with Crippen molar-refractivity contribution in [3.63, 3.8) is 0 Å². The lowest BCUT2D eigenvalue weighted by molar-refractivity contribution is 0.0885. The Morgan fingerprint density at radius 2 is 1.89 bits per heavy atom. The van der Waals surface area contributed by atoms with Gasteiger partial charge in [-0.05, 0) is 31.4 Å². The van der Waals surface area contributed by atoms with Crippen LogP contribution in [0.3, 0.4) is 0 Å². The molecule has 1 saturated carbocycles. The summed E-state index contributed by atoms with van der Waals surface area (Å²) in [5.74, 6) is -2.48. The minimum Gasteiger partial charge on any atom is -0.327 e. The number of rotatable bonds is 2. The summed E-state index contributed by atoms with van der Waals surface area (Å²) in [5.41, 5.74) is 5.86. The lowest BCUT2D eigenvalue weighted by atomic mass is 9.87. The topological polar surface area (TPSA) is 43.1 Å². The van der Waals surface area contributed by atoms with Crippen LogP contribution < -0.4 is 5.73 Å². The van der Waals surface area contributed by atoms with Crippen LogP contribution in [0.2, 0.25) is 0 Å². The molecular formula is C15H19F2NO. The maximum absolute atomic E-state index is 14.0.